The maximum absolute atomic E-state index is 13.4. The zero-order valence-electron chi connectivity index (χ0n) is 11.7. The SMILES string of the molecule is CC1CC(C)(C)CC12C[C@H](O)c1ccc(F)cc1O2. The summed E-state index contributed by atoms with van der Waals surface area (Å²) in [5.41, 5.74) is 0.581. The molecule has 19 heavy (non-hydrogen) atoms. The maximum Gasteiger partial charge on any atom is 0.128 e. The highest BCUT2D eigenvalue weighted by Gasteiger charge is 2.53. The Labute approximate surface area is 113 Å². The fourth-order valence-corrected chi connectivity index (χ4v) is 4.05. The number of fused-ring (bicyclic) bond motifs is 1. The normalized spacial score (nSPS) is 36.1. The van der Waals surface area contributed by atoms with E-state index in [1.165, 1.54) is 12.1 Å². The van der Waals surface area contributed by atoms with Crippen LogP contribution in [0.1, 0.15) is 51.7 Å². The molecule has 0 amide bonds. The van der Waals surface area contributed by atoms with E-state index in [9.17, 15) is 9.50 Å². The first-order chi connectivity index (χ1) is 8.81. The summed E-state index contributed by atoms with van der Waals surface area (Å²) >= 11 is 0. The Balaban J connectivity index is 2.01. The van der Waals surface area contributed by atoms with Crippen LogP contribution in [0.25, 0.3) is 0 Å². The molecule has 2 unspecified atom stereocenters. The van der Waals surface area contributed by atoms with Crippen molar-refractivity contribution >= 4 is 0 Å². The van der Waals surface area contributed by atoms with Gasteiger partial charge in [-0.2, -0.15) is 0 Å². The molecular weight excluding hydrogens is 243 g/mol. The minimum absolute atomic E-state index is 0.212. The standard InChI is InChI=1S/C16H21FO2/c1-10-7-15(2,3)9-16(10)8-13(18)12-5-4-11(17)6-14(12)19-16/h4-6,10,13,18H,7-9H2,1-3H3/t10?,13-,16?/m0/s1. The third-order valence-corrected chi connectivity index (χ3v) is 4.72. The maximum atomic E-state index is 13.4. The van der Waals surface area contributed by atoms with Crippen molar-refractivity contribution in [3.8, 4) is 5.75 Å². The average molecular weight is 264 g/mol. The van der Waals surface area contributed by atoms with Crippen LogP contribution in [0.5, 0.6) is 5.75 Å². The summed E-state index contributed by atoms with van der Waals surface area (Å²) in [5, 5.41) is 10.4. The highest BCUT2D eigenvalue weighted by atomic mass is 19.1. The number of hydrogen-bond acceptors (Lipinski definition) is 2. The second kappa shape index (κ2) is 3.95. The summed E-state index contributed by atoms with van der Waals surface area (Å²) in [6.45, 7) is 6.63. The minimum Gasteiger partial charge on any atom is -0.486 e. The molecule has 1 aromatic carbocycles. The largest absolute Gasteiger partial charge is 0.486 e. The van der Waals surface area contributed by atoms with Crippen LogP contribution in [0.15, 0.2) is 18.2 Å². The van der Waals surface area contributed by atoms with Gasteiger partial charge < -0.3 is 9.84 Å². The van der Waals surface area contributed by atoms with E-state index in [4.69, 9.17) is 4.74 Å². The number of ether oxygens (including phenoxy) is 1. The van der Waals surface area contributed by atoms with Gasteiger partial charge in [0.05, 0.1) is 6.10 Å². The van der Waals surface area contributed by atoms with E-state index in [-0.39, 0.29) is 16.8 Å². The molecule has 1 fully saturated rings. The Morgan fingerprint density at radius 3 is 2.68 bits per heavy atom. The van der Waals surface area contributed by atoms with Crippen LogP contribution in [-0.2, 0) is 0 Å². The number of hydrogen-bond donors (Lipinski definition) is 1. The van der Waals surface area contributed by atoms with Gasteiger partial charge in [-0.1, -0.05) is 20.8 Å². The van der Waals surface area contributed by atoms with Crippen molar-refractivity contribution in [3.63, 3.8) is 0 Å². The van der Waals surface area contributed by atoms with Gasteiger partial charge in [0.15, 0.2) is 0 Å². The lowest BCUT2D eigenvalue weighted by Crippen LogP contribution is -2.43. The molecule has 1 spiro atoms. The first-order valence-corrected chi connectivity index (χ1v) is 6.98. The Kier molecular flexibility index (Phi) is 2.69. The average Bonchev–Trinajstić information content (AvgIpc) is 2.46. The fourth-order valence-electron chi connectivity index (χ4n) is 4.05. The molecule has 1 heterocycles. The van der Waals surface area contributed by atoms with Gasteiger partial charge in [0.1, 0.15) is 17.2 Å². The van der Waals surface area contributed by atoms with Gasteiger partial charge in [0.25, 0.3) is 0 Å². The first kappa shape index (κ1) is 12.9. The molecule has 0 radical (unpaired) electrons. The molecule has 0 bridgehead atoms. The van der Waals surface area contributed by atoms with Crippen molar-refractivity contribution in [2.45, 2.75) is 51.7 Å². The van der Waals surface area contributed by atoms with E-state index >= 15 is 0 Å². The van der Waals surface area contributed by atoms with Gasteiger partial charge in [0.2, 0.25) is 0 Å². The molecule has 2 nitrogen and oxygen atoms in total. The molecule has 0 aromatic heterocycles. The van der Waals surface area contributed by atoms with Crippen molar-refractivity contribution in [2.75, 3.05) is 0 Å². The van der Waals surface area contributed by atoms with Crippen molar-refractivity contribution in [1.29, 1.82) is 0 Å². The van der Waals surface area contributed by atoms with Crippen LogP contribution in [0, 0.1) is 17.2 Å². The molecule has 3 rings (SSSR count). The predicted molar refractivity (Wildman–Crippen MR) is 71.5 cm³/mol. The van der Waals surface area contributed by atoms with Crippen molar-refractivity contribution in [2.24, 2.45) is 11.3 Å². The molecule has 0 saturated heterocycles. The van der Waals surface area contributed by atoms with Crippen molar-refractivity contribution < 1.29 is 14.2 Å². The molecule has 1 aromatic rings. The van der Waals surface area contributed by atoms with E-state index in [1.54, 1.807) is 6.07 Å². The third kappa shape index (κ3) is 2.04. The molecule has 104 valence electrons. The van der Waals surface area contributed by atoms with Crippen LogP contribution in [0.2, 0.25) is 0 Å². The van der Waals surface area contributed by atoms with E-state index < -0.39 is 6.10 Å². The second-order valence-corrected chi connectivity index (χ2v) is 7.02. The molecule has 3 heteroatoms. The van der Waals surface area contributed by atoms with Gasteiger partial charge in [-0.3, -0.25) is 0 Å². The highest BCUT2D eigenvalue weighted by molar-refractivity contribution is 5.39. The minimum atomic E-state index is -0.555. The van der Waals surface area contributed by atoms with Gasteiger partial charge in [-0.15, -0.1) is 0 Å². The van der Waals surface area contributed by atoms with Crippen molar-refractivity contribution in [1.82, 2.24) is 0 Å². The van der Waals surface area contributed by atoms with Gasteiger partial charge in [-0.05, 0) is 36.3 Å². The topological polar surface area (TPSA) is 29.5 Å². The number of aliphatic hydroxyl groups excluding tert-OH is 1. The molecule has 3 atom stereocenters. The van der Waals surface area contributed by atoms with Gasteiger partial charge in [-0.25, -0.2) is 4.39 Å². The summed E-state index contributed by atoms with van der Waals surface area (Å²) in [7, 11) is 0. The molecule has 1 saturated carbocycles. The summed E-state index contributed by atoms with van der Waals surface area (Å²) < 4.78 is 19.6. The Morgan fingerprint density at radius 1 is 1.32 bits per heavy atom. The van der Waals surface area contributed by atoms with E-state index in [0.29, 0.717) is 23.7 Å². The van der Waals surface area contributed by atoms with Crippen LogP contribution in [0.3, 0.4) is 0 Å². The monoisotopic (exact) mass is 264 g/mol. The fraction of sp³-hybridized carbons (Fsp3) is 0.625. The lowest BCUT2D eigenvalue weighted by atomic mass is 9.81. The third-order valence-electron chi connectivity index (χ3n) is 4.72. The van der Waals surface area contributed by atoms with E-state index in [0.717, 1.165) is 12.8 Å². The first-order valence-electron chi connectivity index (χ1n) is 6.98. The Hall–Kier alpha value is -1.09. The van der Waals surface area contributed by atoms with Crippen LogP contribution in [0.4, 0.5) is 4.39 Å². The highest BCUT2D eigenvalue weighted by Crippen LogP contribution is 2.55. The zero-order chi connectivity index (χ0) is 13.8. The van der Waals surface area contributed by atoms with Gasteiger partial charge in [0, 0.05) is 18.1 Å². The second-order valence-electron chi connectivity index (χ2n) is 7.02. The summed E-state index contributed by atoms with van der Waals surface area (Å²) in [6.07, 6.45) is 2.04. The lowest BCUT2D eigenvalue weighted by Gasteiger charge is -2.41. The summed E-state index contributed by atoms with van der Waals surface area (Å²) in [4.78, 5) is 0. The number of rotatable bonds is 0. The van der Waals surface area contributed by atoms with E-state index in [2.05, 4.69) is 20.8 Å². The van der Waals surface area contributed by atoms with Crippen molar-refractivity contribution in [3.05, 3.63) is 29.6 Å². The van der Waals surface area contributed by atoms with Crippen LogP contribution < -0.4 is 4.74 Å². The lowest BCUT2D eigenvalue weighted by molar-refractivity contribution is -0.0394. The molecule has 1 aliphatic carbocycles. The molecule has 1 N–H and O–H groups in total. The molecular formula is C16H21FO2. The van der Waals surface area contributed by atoms with Crippen LogP contribution in [-0.4, -0.2) is 10.7 Å². The Morgan fingerprint density at radius 2 is 2.05 bits per heavy atom. The summed E-state index contributed by atoms with van der Waals surface area (Å²) in [5.74, 6) is 0.574. The van der Waals surface area contributed by atoms with E-state index in [1.807, 2.05) is 0 Å². The number of benzene rings is 1. The van der Waals surface area contributed by atoms with Gasteiger partial charge >= 0.3 is 0 Å². The quantitative estimate of drug-likeness (QED) is 0.771. The molecule has 1 aliphatic heterocycles. The summed E-state index contributed by atoms with van der Waals surface area (Å²) in [6, 6.07) is 4.41. The number of aliphatic hydroxyl groups is 1. The number of halogens is 1. The Bertz CT molecular complexity index is 511. The molecule has 2 aliphatic rings. The zero-order valence-corrected chi connectivity index (χ0v) is 11.7. The predicted octanol–water partition coefficient (Wildman–Crippen LogP) is 3.84. The van der Waals surface area contributed by atoms with Crippen LogP contribution >= 0.6 is 0 Å². The smallest absolute Gasteiger partial charge is 0.128 e.